The minimum Gasteiger partial charge on any atom is -0.419 e. The smallest absolute Gasteiger partial charge is 0.268 e. The van der Waals surface area contributed by atoms with Gasteiger partial charge < -0.3 is 4.42 Å². The molecule has 1 aliphatic carbocycles. The summed E-state index contributed by atoms with van der Waals surface area (Å²) < 4.78 is 7.94. The van der Waals surface area contributed by atoms with Crippen LogP contribution in [0.3, 0.4) is 0 Å². The highest BCUT2D eigenvalue weighted by Crippen LogP contribution is 2.40. The number of nitrogens with zero attached hydrogens (tertiary/aromatic N) is 4. The summed E-state index contributed by atoms with van der Waals surface area (Å²) in [4.78, 5) is 0. The van der Waals surface area contributed by atoms with Gasteiger partial charge in [-0.25, -0.2) is 4.68 Å². The summed E-state index contributed by atoms with van der Waals surface area (Å²) in [7, 11) is 0. The lowest BCUT2D eigenvalue weighted by atomic mass is 9.85. The molecule has 0 N–H and O–H groups in total. The minimum atomic E-state index is 0.356. The van der Waals surface area contributed by atoms with Crippen LogP contribution in [0.25, 0.3) is 28.5 Å². The maximum Gasteiger partial charge on any atom is 0.268 e. The van der Waals surface area contributed by atoms with E-state index in [4.69, 9.17) is 44.3 Å². The number of benzene rings is 2. The van der Waals surface area contributed by atoms with Crippen LogP contribution in [0.2, 0.25) is 15.1 Å². The van der Waals surface area contributed by atoms with Crippen LogP contribution in [0.1, 0.15) is 50.0 Å². The van der Waals surface area contributed by atoms with Crippen LogP contribution in [-0.2, 0) is 6.42 Å². The van der Waals surface area contributed by atoms with Crippen molar-refractivity contribution < 1.29 is 4.42 Å². The Morgan fingerprint density at radius 2 is 1.75 bits per heavy atom. The first-order valence-corrected chi connectivity index (χ1v) is 11.9. The summed E-state index contributed by atoms with van der Waals surface area (Å²) in [6, 6.07) is 13.1. The number of rotatable bonds is 6. The molecular weight excluding hydrogens is 467 g/mol. The van der Waals surface area contributed by atoms with Gasteiger partial charge in [0.2, 0.25) is 5.89 Å². The molecule has 0 spiro atoms. The second-order valence-corrected chi connectivity index (χ2v) is 9.29. The van der Waals surface area contributed by atoms with Gasteiger partial charge in [0.05, 0.1) is 16.4 Å². The molecule has 2 aromatic heterocycles. The molecule has 164 valence electrons. The summed E-state index contributed by atoms with van der Waals surface area (Å²) in [5.41, 5.74) is 4.33. The van der Waals surface area contributed by atoms with E-state index in [1.54, 1.807) is 12.1 Å². The molecule has 2 heterocycles. The Bertz CT molecular complexity index is 1260. The summed E-state index contributed by atoms with van der Waals surface area (Å²) in [6.07, 6.45) is 5.10. The molecule has 8 heteroatoms. The Kier molecular flexibility index (Phi) is 5.97. The lowest BCUT2D eigenvalue weighted by Crippen LogP contribution is -2.08. The van der Waals surface area contributed by atoms with Crippen LogP contribution in [0.15, 0.2) is 46.9 Å². The van der Waals surface area contributed by atoms with E-state index in [2.05, 4.69) is 17.1 Å². The summed E-state index contributed by atoms with van der Waals surface area (Å²) in [6.45, 7) is 2.13. The topological polar surface area (TPSA) is 56.7 Å². The molecular formula is C24H21Cl3N4O. The Morgan fingerprint density at radius 3 is 2.41 bits per heavy atom. The van der Waals surface area contributed by atoms with Crippen molar-refractivity contribution in [1.82, 2.24) is 20.0 Å². The molecule has 1 aliphatic rings. The maximum atomic E-state index is 6.59. The first-order valence-electron chi connectivity index (χ1n) is 10.7. The monoisotopic (exact) mass is 486 g/mol. The zero-order valence-corrected chi connectivity index (χ0v) is 19.8. The van der Waals surface area contributed by atoms with E-state index in [-0.39, 0.29) is 0 Å². The normalized spacial score (nSPS) is 14.0. The van der Waals surface area contributed by atoms with E-state index in [0.717, 1.165) is 48.2 Å². The highest BCUT2D eigenvalue weighted by molar-refractivity contribution is 6.35. The van der Waals surface area contributed by atoms with Crippen molar-refractivity contribution in [3.63, 3.8) is 0 Å². The molecule has 32 heavy (non-hydrogen) atoms. The zero-order valence-electron chi connectivity index (χ0n) is 17.5. The zero-order chi connectivity index (χ0) is 22.2. The van der Waals surface area contributed by atoms with Gasteiger partial charge in [-0.2, -0.15) is 5.10 Å². The molecule has 4 aromatic rings. The second-order valence-electron chi connectivity index (χ2n) is 8.01. The number of aromatic nitrogens is 4. The van der Waals surface area contributed by atoms with E-state index in [0.29, 0.717) is 38.5 Å². The average molecular weight is 488 g/mol. The molecule has 5 nitrogen and oxygen atoms in total. The fraction of sp³-hybridized carbons (Fsp3) is 0.292. The molecule has 0 atom stereocenters. The number of hydrogen-bond donors (Lipinski definition) is 0. The molecule has 0 saturated heterocycles. The van der Waals surface area contributed by atoms with Crippen molar-refractivity contribution in [3.05, 3.63) is 69.0 Å². The Morgan fingerprint density at radius 1 is 1.00 bits per heavy atom. The number of halogens is 3. The number of hydrogen-bond acceptors (Lipinski definition) is 4. The Labute approximate surface area is 201 Å². The van der Waals surface area contributed by atoms with Gasteiger partial charge in [-0.15, -0.1) is 10.2 Å². The third-order valence-electron chi connectivity index (χ3n) is 5.84. The van der Waals surface area contributed by atoms with Crippen LogP contribution in [0.5, 0.6) is 0 Å². The highest BCUT2D eigenvalue weighted by atomic mass is 35.5. The molecule has 0 unspecified atom stereocenters. The fourth-order valence-corrected chi connectivity index (χ4v) is 4.61. The molecule has 0 radical (unpaired) electrons. The van der Waals surface area contributed by atoms with Crippen molar-refractivity contribution in [1.29, 1.82) is 0 Å². The predicted octanol–water partition coefficient (Wildman–Crippen LogP) is 7.77. The highest BCUT2D eigenvalue weighted by Gasteiger charge is 2.29. The van der Waals surface area contributed by atoms with Crippen LogP contribution in [0.4, 0.5) is 0 Å². The van der Waals surface area contributed by atoms with Crippen molar-refractivity contribution in [3.8, 4) is 28.5 Å². The van der Waals surface area contributed by atoms with E-state index >= 15 is 0 Å². The largest absolute Gasteiger partial charge is 0.419 e. The fourth-order valence-electron chi connectivity index (χ4n) is 3.99. The van der Waals surface area contributed by atoms with Gasteiger partial charge in [-0.05, 0) is 49.6 Å². The van der Waals surface area contributed by atoms with Crippen LogP contribution in [0, 0.1) is 0 Å². The lowest BCUT2D eigenvalue weighted by molar-refractivity contribution is 0.338. The molecule has 5 rings (SSSR count). The van der Waals surface area contributed by atoms with Gasteiger partial charge in [0.1, 0.15) is 0 Å². The lowest BCUT2D eigenvalue weighted by Gasteiger charge is -2.20. The Balaban J connectivity index is 1.73. The molecule has 1 saturated carbocycles. The van der Waals surface area contributed by atoms with E-state index in [1.807, 2.05) is 35.0 Å². The molecule has 0 aliphatic heterocycles. The van der Waals surface area contributed by atoms with E-state index in [9.17, 15) is 0 Å². The van der Waals surface area contributed by atoms with Crippen molar-refractivity contribution >= 4 is 34.8 Å². The van der Waals surface area contributed by atoms with Crippen molar-refractivity contribution in [2.75, 3.05) is 0 Å². The first-order chi connectivity index (χ1) is 15.5. The summed E-state index contributed by atoms with van der Waals surface area (Å²) in [5.74, 6) is 1.49. The molecule has 1 fully saturated rings. The van der Waals surface area contributed by atoms with Crippen molar-refractivity contribution in [2.45, 2.75) is 44.9 Å². The van der Waals surface area contributed by atoms with E-state index < -0.39 is 0 Å². The van der Waals surface area contributed by atoms with Crippen LogP contribution >= 0.6 is 34.8 Å². The maximum absolute atomic E-state index is 6.59. The first kappa shape index (κ1) is 21.5. The van der Waals surface area contributed by atoms with Crippen LogP contribution in [-0.4, -0.2) is 20.0 Å². The van der Waals surface area contributed by atoms with Gasteiger partial charge >= 0.3 is 0 Å². The molecule has 2 aromatic carbocycles. The molecule has 0 amide bonds. The minimum absolute atomic E-state index is 0.356. The van der Waals surface area contributed by atoms with Gasteiger partial charge in [-0.1, -0.05) is 66.7 Å². The quantitative estimate of drug-likeness (QED) is 0.279. The predicted molar refractivity (Wildman–Crippen MR) is 128 cm³/mol. The van der Waals surface area contributed by atoms with Gasteiger partial charge in [0.25, 0.3) is 5.89 Å². The molecule has 0 bridgehead atoms. The van der Waals surface area contributed by atoms with Gasteiger partial charge in [-0.3, -0.25) is 0 Å². The standard InChI is InChI=1S/C24H21Cl3N4O/c1-2-4-18-21(24-29-28-23(32-24)15-5-3-6-15)30-31(20-12-11-17(26)13-19(20)27)22(18)14-7-9-16(25)10-8-14/h7-13,15H,2-6H2,1H3. The van der Waals surface area contributed by atoms with Gasteiger partial charge in [0, 0.05) is 27.1 Å². The van der Waals surface area contributed by atoms with E-state index in [1.165, 1.54) is 6.42 Å². The van der Waals surface area contributed by atoms with Crippen molar-refractivity contribution in [2.24, 2.45) is 0 Å². The van der Waals surface area contributed by atoms with Gasteiger partial charge in [0.15, 0.2) is 5.69 Å². The summed E-state index contributed by atoms with van der Waals surface area (Å²) >= 11 is 18.9. The SMILES string of the molecule is CCCc1c(-c2nnc(C3CCC3)o2)nn(-c2ccc(Cl)cc2Cl)c1-c1ccc(Cl)cc1. The Hall–Kier alpha value is -2.34. The summed E-state index contributed by atoms with van der Waals surface area (Å²) in [5, 5.41) is 15.3. The third kappa shape index (κ3) is 3.94. The second kappa shape index (κ2) is 8.89. The van der Waals surface area contributed by atoms with Crippen LogP contribution < -0.4 is 0 Å². The third-order valence-corrected chi connectivity index (χ3v) is 6.63. The average Bonchev–Trinajstić information content (AvgIpc) is 3.33.